The average Bonchev–Trinajstić information content (AvgIpc) is 2.08. The molecule has 0 spiro atoms. The van der Waals surface area contributed by atoms with Gasteiger partial charge in [0.05, 0.1) is 0 Å². The molecule has 1 aromatic rings. The molecule has 0 aliphatic heterocycles. The van der Waals surface area contributed by atoms with Crippen LogP contribution < -0.4 is 11.1 Å². The molecule has 0 saturated carbocycles. The van der Waals surface area contributed by atoms with Gasteiger partial charge in [-0.15, -0.1) is 0 Å². The molecule has 1 aromatic carbocycles. The van der Waals surface area contributed by atoms with Gasteiger partial charge in [-0.2, -0.15) is 0 Å². The monoisotopic (exact) mass is 258 g/mol. The van der Waals surface area contributed by atoms with Gasteiger partial charge in [0, 0.05) is 22.3 Å². The van der Waals surface area contributed by atoms with Crippen LogP contribution in [-0.4, -0.2) is 11.5 Å². The second-order valence-electron chi connectivity index (χ2n) is 2.58. The van der Waals surface area contributed by atoms with E-state index in [0.717, 1.165) is 22.3 Å². The minimum atomic E-state index is 0.414. The molecule has 0 heterocycles. The summed E-state index contributed by atoms with van der Waals surface area (Å²) >= 11 is 8.31. The van der Waals surface area contributed by atoms with Crippen molar-refractivity contribution in [3.05, 3.63) is 28.2 Å². The fourth-order valence-electron chi connectivity index (χ4n) is 1.06. The van der Waals surface area contributed by atoms with Crippen LogP contribution in [0, 0.1) is 0 Å². The van der Waals surface area contributed by atoms with Gasteiger partial charge >= 0.3 is 0 Å². The molecule has 1 rings (SSSR count). The number of rotatable bonds is 3. The third-order valence-corrected chi connectivity index (χ3v) is 2.33. The maximum absolute atomic E-state index is 5.58. The molecule has 0 atom stereocenters. The van der Waals surface area contributed by atoms with E-state index in [4.69, 9.17) is 18.0 Å². The molecule has 3 N–H and O–H groups in total. The Morgan fingerprint density at radius 3 is 2.85 bits per heavy atom. The minimum absolute atomic E-state index is 0.414. The van der Waals surface area contributed by atoms with Crippen LogP contribution >= 0.6 is 28.1 Å². The second kappa shape index (κ2) is 4.58. The van der Waals surface area contributed by atoms with Gasteiger partial charge in [-0.3, -0.25) is 0 Å². The quantitative estimate of drug-likeness (QED) is 0.819. The first-order valence-corrected chi connectivity index (χ1v) is 5.18. The van der Waals surface area contributed by atoms with Gasteiger partial charge in [-0.1, -0.05) is 28.1 Å². The van der Waals surface area contributed by atoms with Crippen LogP contribution in [-0.2, 0) is 0 Å². The summed E-state index contributed by atoms with van der Waals surface area (Å²) in [7, 11) is 0. The molecule has 0 aliphatic carbocycles. The summed E-state index contributed by atoms with van der Waals surface area (Å²) in [6.45, 7) is 2.89. The van der Waals surface area contributed by atoms with Crippen molar-refractivity contribution in [3.63, 3.8) is 0 Å². The van der Waals surface area contributed by atoms with Gasteiger partial charge in [-0.05, 0) is 25.1 Å². The van der Waals surface area contributed by atoms with Crippen molar-refractivity contribution in [2.75, 3.05) is 11.9 Å². The molecule has 0 radical (unpaired) electrons. The number of anilines is 1. The van der Waals surface area contributed by atoms with E-state index in [1.807, 2.05) is 25.1 Å². The highest BCUT2D eigenvalue weighted by Gasteiger charge is 2.04. The van der Waals surface area contributed by atoms with E-state index >= 15 is 0 Å². The Morgan fingerprint density at radius 2 is 2.31 bits per heavy atom. The third kappa shape index (κ3) is 2.67. The highest BCUT2D eigenvalue weighted by molar-refractivity contribution is 9.10. The third-order valence-electron chi connectivity index (χ3n) is 1.61. The van der Waals surface area contributed by atoms with E-state index in [-0.39, 0.29) is 0 Å². The second-order valence-corrected chi connectivity index (χ2v) is 3.94. The number of hydrogen-bond donors (Lipinski definition) is 2. The molecule has 0 bridgehead atoms. The lowest BCUT2D eigenvalue weighted by atomic mass is 10.2. The molecule has 0 amide bonds. The Bertz CT molecular complexity index is 325. The first-order valence-electron chi connectivity index (χ1n) is 3.98. The maximum atomic E-state index is 5.58. The predicted octanol–water partition coefficient (Wildman–Crippen LogP) is 2.52. The molecule has 4 heteroatoms. The summed E-state index contributed by atoms with van der Waals surface area (Å²) < 4.78 is 0.983. The van der Waals surface area contributed by atoms with Gasteiger partial charge in [0.1, 0.15) is 4.99 Å². The summed E-state index contributed by atoms with van der Waals surface area (Å²) in [5.74, 6) is 0. The van der Waals surface area contributed by atoms with Crippen molar-refractivity contribution in [3.8, 4) is 0 Å². The SMILES string of the molecule is CCNc1ccc(Br)cc1C(N)=S. The first kappa shape index (κ1) is 10.5. The molecule has 0 aromatic heterocycles. The number of hydrogen-bond acceptors (Lipinski definition) is 2. The number of thiocarbonyl (C=S) groups is 1. The van der Waals surface area contributed by atoms with Gasteiger partial charge in [0.15, 0.2) is 0 Å². The summed E-state index contributed by atoms with van der Waals surface area (Å²) in [5.41, 5.74) is 7.45. The molecular formula is C9H11BrN2S. The van der Waals surface area contributed by atoms with Crippen molar-refractivity contribution in [1.29, 1.82) is 0 Å². The minimum Gasteiger partial charge on any atom is -0.389 e. The lowest BCUT2D eigenvalue weighted by Crippen LogP contribution is -2.13. The van der Waals surface area contributed by atoms with Crippen LogP contribution in [0.15, 0.2) is 22.7 Å². The molecule has 2 nitrogen and oxygen atoms in total. The van der Waals surface area contributed by atoms with Crippen molar-refractivity contribution in [2.45, 2.75) is 6.92 Å². The maximum Gasteiger partial charge on any atom is 0.106 e. The van der Waals surface area contributed by atoms with Crippen LogP contribution in [0.2, 0.25) is 0 Å². The van der Waals surface area contributed by atoms with E-state index in [2.05, 4.69) is 21.2 Å². The van der Waals surface area contributed by atoms with Crippen LogP contribution in [0.5, 0.6) is 0 Å². The average molecular weight is 259 g/mol. The summed E-state index contributed by atoms with van der Waals surface area (Å²) in [6, 6.07) is 5.84. The van der Waals surface area contributed by atoms with Gasteiger partial charge in [0.25, 0.3) is 0 Å². The molecule has 70 valence electrons. The topological polar surface area (TPSA) is 38.0 Å². The summed E-state index contributed by atoms with van der Waals surface area (Å²) in [4.78, 5) is 0.414. The van der Waals surface area contributed by atoms with E-state index in [1.54, 1.807) is 0 Å². The lowest BCUT2D eigenvalue weighted by molar-refractivity contribution is 1.21. The standard InChI is InChI=1S/C9H11BrN2S/c1-2-12-8-4-3-6(10)5-7(8)9(11)13/h3-5,12H,2H2,1H3,(H2,11,13). The number of benzene rings is 1. The Kier molecular flexibility index (Phi) is 3.69. The van der Waals surface area contributed by atoms with Gasteiger partial charge < -0.3 is 11.1 Å². The Labute approximate surface area is 91.6 Å². The number of nitrogens with one attached hydrogen (secondary N) is 1. The first-order chi connectivity index (χ1) is 6.15. The van der Waals surface area contributed by atoms with E-state index in [0.29, 0.717) is 4.99 Å². The zero-order valence-corrected chi connectivity index (χ0v) is 9.71. The largest absolute Gasteiger partial charge is 0.389 e. The van der Waals surface area contributed by atoms with Crippen LogP contribution in [0.3, 0.4) is 0 Å². The van der Waals surface area contributed by atoms with Crippen LogP contribution in [0.4, 0.5) is 5.69 Å². The highest BCUT2D eigenvalue weighted by atomic mass is 79.9. The fourth-order valence-corrected chi connectivity index (χ4v) is 1.59. The normalized spacial score (nSPS) is 9.69. The lowest BCUT2D eigenvalue weighted by Gasteiger charge is -2.09. The number of halogens is 1. The van der Waals surface area contributed by atoms with Gasteiger partial charge in [-0.25, -0.2) is 0 Å². The van der Waals surface area contributed by atoms with Crippen LogP contribution in [0.1, 0.15) is 12.5 Å². The Hall–Kier alpha value is -0.610. The molecule has 0 aliphatic rings. The molecule has 13 heavy (non-hydrogen) atoms. The van der Waals surface area contributed by atoms with E-state index in [1.165, 1.54) is 0 Å². The van der Waals surface area contributed by atoms with Crippen molar-refractivity contribution < 1.29 is 0 Å². The predicted molar refractivity (Wildman–Crippen MR) is 64.2 cm³/mol. The van der Waals surface area contributed by atoms with Crippen LogP contribution in [0.25, 0.3) is 0 Å². The van der Waals surface area contributed by atoms with Crippen molar-refractivity contribution >= 4 is 38.8 Å². The van der Waals surface area contributed by atoms with Gasteiger partial charge in [0.2, 0.25) is 0 Å². The highest BCUT2D eigenvalue weighted by Crippen LogP contribution is 2.20. The van der Waals surface area contributed by atoms with E-state index < -0.39 is 0 Å². The molecule has 0 fully saturated rings. The number of nitrogens with two attached hydrogens (primary N) is 1. The molecule has 0 saturated heterocycles. The van der Waals surface area contributed by atoms with Crippen molar-refractivity contribution in [1.82, 2.24) is 0 Å². The zero-order chi connectivity index (χ0) is 9.84. The zero-order valence-electron chi connectivity index (χ0n) is 7.30. The Morgan fingerprint density at radius 1 is 1.62 bits per heavy atom. The smallest absolute Gasteiger partial charge is 0.106 e. The van der Waals surface area contributed by atoms with Crippen molar-refractivity contribution in [2.24, 2.45) is 5.73 Å². The Balaban J connectivity index is 3.10. The summed E-state index contributed by atoms with van der Waals surface area (Å²) in [5, 5.41) is 3.20. The fraction of sp³-hybridized carbons (Fsp3) is 0.222. The summed E-state index contributed by atoms with van der Waals surface area (Å²) in [6.07, 6.45) is 0. The molecule has 0 unspecified atom stereocenters. The molecular weight excluding hydrogens is 248 g/mol. The van der Waals surface area contributed by atoms with E-state index in [9.17, 15) is 0 Å².